The van der Waals surface area contributed by atoms with E-state index in [0.717, 1.165) is 41.1 Å². The summed E-state index contributed by atoms with van der Waals surface area (Å²) < 4.78 is 5.36. The van der Waals surface area contributed by atoms with Crippen LogP contribution in [0.5, 0.6) is 0 Å². The molecule has 0 saturated carbocycles. The highest BCUT2D eigenvalue weighted by molar-refractivity contribution is 7.17. The maximum absolute atomic E-state index is 13.1. The molecule has 7 heteroatoms. The minimum atomic E-state index is -0.111. The molecule has 156 valence electrons. The predicted molar refractivity (Wildman–Crippen MR) is 118 cm³/mol. The minimum Gasteiger partial charge on any atom is -0.378 e. The van der Waals surface area contributed by atoms with Crippen LogP contribution in [-0.4, -0.2) is 61.8 Å². The number of carbonyl (C=O) groups excluding carboxylic acids is 2. The van der Waals surface area contributed by atoms with Gasteiger partial charge in [0.15, 0.2) is 0 Å². The number of carbonyl (C=O) groups is 2. The van der Waals surface area contributed by atoms with Crippen LogP contribution in [0.2, 0.25) is 0 Å². The predicted octanol–water partition coefficient (Wildman–Crippen LogP) is 2.59. The van der Waals surface area contributed by atoms with Crippen molar-refractivity contribution >= 4 is 33.9 Å². The molecule has 2 aromatic rings. The molecule has 1 aromatic heterocycles. The molecule has 0 atom stereocenters. The van der Waals surface area contributed by atoms with Crippen LogP contribution >= 0.6 is 11.3 Å². The Morgan fingerprint density at radius 3 is 2.87 bits per heavy atom. The second-order valence-electron chi connectivity index (χ2n) is 8.04. The van der Waals surface area contributed by atoms with Crippen molar-refractivity contribution in [3.05, 3.63) is 51.4 Å². The van der Waals surface area contributed by atoms with Crippen molar-refractivity contribution < 1.29 is 14.3 Å². The molecule has 1 aliphatic carbocycles. The maximum Gasteiger partial charge on any atom is 0.249 e. The Bertz CT molecular complexity index is 1040. The lowest BCUT2D eigenvalue weighted by Gasteiger charge is -2.29. The number of hydrogen-bond donors (Lipinski definition) is 0. The third-order valence-electron chi connectivity index (χ3n) is 6.01. The number of rotatable bonds is 3. The van der Waals surface area contributed by atoms with Crippen LogP contribution in [0.3, 0.4) is 0 Å². The van der Waals surface area contributed by atoms with Crippen molar-refractivity contribution in [3.8, 4) is 0 Å². The summed E-state index contributed by atoms with van der Waals surface area (Å²) in [6, 6.07) is 8.29. The summed E-state index contributed by atoms with van der Waals surface area (Å²) in [6.07, 6.45) is 3.18. The Morgan fingerprint density at radius 1 is 1.23 bits per heavy atom. The number of aliphatic imine (C=N–C) groups is 1. The first-order chi connectivity index (χ1) is 14.6. The lowest BCUT2D eigenvalue weighted by atomic mass is 9.98. The van der Waals surface area contributed by atoms with Crippen molar-refractivity contribution in [1.82, 2.24) is 4.90 Å². The summed E-state index contributed by atoms with van der Waals surface area (Å²) in [6.45, 7) is 4.48. The second-order valence-corrected chi connectivity index (χ2v) is 9.13. The van der Waals surface area contributed by atoms with Crippen LogP contribution in [0.25, 0.3) is 0 Å². The van der Waals surface area contributed by atoms with Crippen LogP contribution < -0.4 is 4.90 Å². The molecule has 0 unspecified atom stereocenters. The van der Waals surface area contributed by atoms with Crippen molar-refractivity contribution in [2.24, 2.45) is 4.99 Å². The van der Waals surface area contributed by atoms with Gasteiger partial charge >= 0.3 is 0 Å². The third-order valence-corrected chi connectivity index (χ3v) is 7.32. The number of morpholine rings is 1. The summed E-state index contributed by atoms with van der Waals surface area (Å²) in [5, 5.41) is 0.893. The number of ether oxygens (including phenoxy) is 1. The van der Waals surface area contributed by atoms with Gasteiger partial charge in [-0.3, -0.25) is 19.5 Å². The Hall–Kier alpha value is -2.51. The van der Waals surface area contributed by atoms with Gasteiger partial charge in [0.25, 0.3) is 0 Å². The zero-order chi connectivity index (χ0) is 20.7. The largest absolute Gasteiger partial charge is 0.378 e. The van der Waals surface area contributed by atoms with Gasteiger partial charge in [0.05, 0.1) is 18.9 Å². The molecule has 30 heavy (non-hydrogen) atoms. The maximum atomic E-state index is 13.1. The van der Waals surface area contributed by atoms with Gasteiger partial charge in [-0.05, 0) is 37.8 Å². The number of nitrogens with zero attached hydrogens (tertiary/aromatic N) is 3. The highest BCUT2D eigenvalue weighted by Gasteiger charge is 2.34. The first-order valence-corrected chi connectivity index (χ1v) is 11.4. The summed E-state index contributed by atoms with van der Waals surface area (Å²) in [7, 11) is 0. The first-order valence-electron chi connectivity index (χ1n) is 10.5. The Kier molecular flexibility index (Phi) is 5.16. The topological polar surface area (TPSA) is 62.2 Å². The fraction of sp³-hybridized carbons (Fsp3) is 0.435. The molecule has 3 heterocycles. The number of fused-ring (bicyclic) bond motifs is 3. The quantitative estimate of drug-likeness (QED) is 0.762. The van der Waals surface area contributed by atoms with Crippen LogP contribution in [0.1, 0.15) is 33.6 Å². The molecule has 2 aliphatic heterocycles. The molecular weight excluding hydrogens is 398 g/mol. The van der Waals surface area contributed by atoms with Gasteiger partial charge in [0.2, 0.25) is 11.8 Å². The number of anilines is 1. The smallest absolute Gasteiger partial charge is 0.249 e. The van der Waals surface area contributed by atoms with Gasteiger partial charge in [-0.25, -0.2) is 0 Å². The van der Waals surface area contributed by atoms with E-state index in [1.54, 1.807) is 21.1 Å². The standard InChI is InChI=1S/C23H25N3O3S/c1-15-4-2-5-16(12-15)22-21-17-6-3-7-18(17)30-23(21)26(19(27)13-24-22)14-20(28)25-8-10-29-11-9-25/h2,4-5,12H,3,6-11,13-14H2,1H3. The summed E-state index contributed by atoms with van der Waals surface area (Å²) in [5.74, 6) is -0.134. The van der Waals surface area contributed by atoms with Gasteiger partial charge in [-0.2, -0.15) is 0 Å². The molecule has 5 rings (SSSR count). The van der Waals surface area contributed by atoms with Crippen LogP contribution in [0.15, 0.2) is 29.3 Å². The highest BCUT2D eigenvalue weighted by atomic mass is 32.1. The molecule has 1 aromatic carbocycles. The van der Waals surface area contributed by atoms with E-state index < -0.39 is 0 Å². The van der Waals surface area contributed by atoms with Gasteiger partial charge in [0, 0.05) is 29.1 Å². The van der Waals surface area contributed by atoms with E-state index in [9.17, 15) is 9.59 Å². The SMILES string of the molecule is Cc1cccc(C2=NCC(=O)N(CC(=O)N3CCOCC3)c3sc4c(c32)CCC4)c1. The van der Waals surface area contributed by atoms with Crippen LogP contribution in [0, 0.1) is 6.92 Å². The number of thiophene rings is 1. The molecule has 0 radical (unpaired) electrons. The highest BCUT2D eigenvalue weighted by Crippen LogP contribution is 2.43. The molecule has 3 aliphatic rings. The average molecular weight is 424 g/mol. The summed E-state index contributed by atoms with van der Waals surface area (Å²) >= 11 is 1.67. The summed E-state index contributed by atoms with van der Waals surface area (Å²) in [4.78, 5) is 35.6. The zero-order valence-corrected chi connectivity index (χ0v) is 18.0. The number of hydrogen-bond acceptors (Lipinski definition) is 5. The van der Waals surface area contributed by atoms with Crippen molar-refractivity contribution in [2.45, 2.75) is 26.2 Å². The van der Waals surface area contributed by atoms with Crippen molar-refractivity contribution in [2.75, 3.05) is 44.3 Å². The van der Waals surface area contributed by atoms with E-state index in [-0.39, 0.29) is 24.9 Å². The van der Waals surface area contributed by atoms with E-state index in [0.29, 0.717) is 26.3 Å². The molecule has 1 saturated heterocycles. The van der Waals surface area contributed by atoms with Crippen LogP contribution in [-0.2, 0) is 27.2 Å². The van der Waals surface area contributed by atoms with Gasteiger partial charge in [-0.1, -0.05) is 23.8 Å². The molecule has 1 fully saturated rings. The third kappa shape index (κ3) is 3.46. The number of benzene rings is 1. The molecule has 0 bridgehead atoms. The zero-order valence-electron chi connectivity index (χ0n) is 17.1. The Morgan fingerprint density at radius 2 is 2.07 bits per heavy atom. The molecule has 0 spiro atoms. The lowest BCUT2D eigenvalue weighted by Crippen LogP contribution is -2.47. The Balaban J connectivity index is 1.55. The normalized spacial score (nSPS) is 18.7. The van der Waals surface area contributed by atoms with E-state index in [1.165, 1.54) is 16.0 Å². The number of aryl methyl sites for hydroxylation is 2. The first kappa shape index (κ1) is 19.5. The second kappa shape index (κ2) is 7.96. The Labute approximate surface area is 180 Å². The van der Waals surface area contributed by atoms with E-state index >= 15 is 0 Å². The lowest BCUT2D eigenvalue weighted by molar-refractivity contribution is -0.134. The van der Waals surface area contributed by atoms with E-state index in [1.807, 2.05) is 6.07 Å². The summed E-state index contributed by atoms with van der Waals surface area (Å²) in [5.41, 5.74) is 5.48. The fourth-order valence-corrected chi connectivity index (χ4v) is 5.89. The van der Waals surface area contributed by atoms with Gasteiger partial charge in [-0.15, -0.1) is 11.3 Å². The average Bonchev–Trinajstić information content (AvgIpc) is 3.31. The number of amides is 2. The molecule has 2 amide bonds. The van der Waals surface area contributed by atoms with E-state index in [4.69, 9.17) is 9.73 Å². The molecular formula is C23H25N3O3S. The van der Waals surface area contributed by atoms with Crippen molar-refractivity contribution in [1.29, 1.82) is 0 Å². The molecule has 6 nitrogen and oxygen atoms in total. The van der Waals surface area contributed by atoms with Crippen molar-refractivity contribution in [3.63, 3.8) is 0 Å². The van der Waals surface area contributed by atoms with Gasteiger partial charge < -0.3 is 9.64 Å². The van der Waals surface area contributed by atoms with Gasteiger partial charge in [0.1, 0.15) is 18.1 Å². The van der Waals surface area contributed by atoms with Crippen LogP contribution in [0.4, 0.5) is 5.00 Å². The van der Waals surface area contributed by atoms with E-state index in [2.05, 4.69) is 25.1 Å². The fourth-order valence-electron chi connectivity index (χ4n) is 4.48. The monoisotopic (exact) mass is 423 g/mol. The molecule has 0 N–H and O–H groups in total. The minimum absolute atomic E-state index is 0.0230.